The van der Waals surface area contributed by atoms with Crippen LogP contribution in [0.15, 0.2) is 23.0 Å². The topological polar surface area (TPSA) is 103 Å². The van der Waals surface area contributed by atoms with E-state index in [4.69, 9.17) is 9.84 Å². The molecule has 28 heavy (non-hydrogen) atoms. The molecular formula is C20H27N3O5. The first-order chi connectivity index (χ1) is 13.5. The van der Waals surface area contributed by atoms with Crippen LogP contribution in [0.3, 0.4) is 0 Å². The summed E-state index contributed by atoms with van der Waals surface area (Å²) < 4.78 is 8.59. The van der Waals surface area contributed by atoms with Gasteiger partial charge in [-0.2, -0.15) is 0 Å². The Morgan fingerprint density at radius 3 is 2.68 bits per heavy atom. The molecule has 0 saturated carbocycles. The summed E-state index contributed by atoms with van der Waals surface area (Å²) in [5.74, 6) is -0.719. The van der Waals surface area contributed by atoms with Crippen molar-refractivity contribution in [1.82, 2.24) is 14.5 Å². The van der Waals surface area contributed by atoms with Gasteiger partial charge in [-0.25, -0.2) is 4.79 Å². The maximum absolute atomic E-state index is 12.7. The standard InChI is InChI=1S/C20H27N3O5/c1-22-17-13-14(5-4-12-28-11-3-2-10-24)6-7-15(17)23(20(22)27)16-8-9-18(25)21-19(16)26/h6-7,13,16,24H,2-5,8-12H2,1H3,(H,21,25,26). The zero-order valence-corrected chi connectivity index (χ0v) is 16.1. The molecule has 8 nitrogen and oxygen atoms in total. The van der Waals surface area contributed by atoms with Gasteiger partial charge < -0.3 is 9.84 Å². The van der Waals surface area contributed by atoms with Crippen molar-refractivity contribution in [1.29, 1.82) is 0 Å². The van der Waals surface area contributed by atoms with Gasteiger partial charge in [-0.05, 0) is 49.8 Å². The van der Waals surface area contributed by atoms with E-state index in [2.05, 4.69) is 5.32 Å². The smallest absolute Gasteiger partial charge is 0.329 e. The van der Waals surface area contributed by atoms with E-state index in [1.165, 1.54) is 4.57 Å². The summed E-state index contributed by atoms with van der Waals surface area (Å²) in [6.07, 6.45) is 3.88. The van der Waals surface area contributed by atoms with E-state index in [0.717, 1.165) is 36.8 Å². The minimum atomic E-state index is -0.660. The first kappa shape index (κ1) is 20.3. The number of fused-ring (bicyclic) bond motifs is 1. The van der Waals surface area contributed by atoms with Crippen LogP contribution in [0.25, 0.3) is 11.0 Å². The third-order valence-electron chi connectivity index (χ3n) is 5.13. The Morgan fingerprint density at radius 1 is 1.14 bits per heavy atom. The number of aryl methyl sites for hydroxylation is 2. The monoisotopic (exact) mass is 389 g/mol. The normalized spacial score (nSPS) is 17.3. The summed E-state index contributed by atoms with van der Waals surface area (Å²) in [4.78, 5) is 36.4. The Kier molecular flexibility index (Phi) is 6.64. The van der Waals surface area contributed by atoms with Crippen molar-refractivity contribution >= 4 is 22.8 Å². The highest BCUT2D eigenvalue weighted by molar-refractivity contribution is 6.00. The number of hydrogen-bond donors (Lipinski definition) is 2. The SMILES string of the molecule is Cn1c(=O)n(C2CCC(=O)NC2=O)c2ccc(CCCOCCCCO)cc21. The van der Waals surface area contributed by atoms with E-state index in [1.54, 1.807) is 11.6 Å². The molecule has 1 aromatic heterocycles. The van der Waals surface area contributed by atoms with Gasteiger partial charge in [-0.15, -0.1) is 0 Å². The van der Waals surface area contributed by atoms with Gasteiger partial charge in [-0.3, -0.25) is 24.0 Å². The molecule has 3 rings (SSSR count). The number of piperidine rings is 1. The molecule has 1 fully saturated rings. The number of nitrogens with zero attached hydrogens (tertiary/aromatic N) is 2. The summed E-state index contributed by atoms with van der Waals surface area (Å²) in [7, 11) is 1.70. The number of imidazole rings is 1. The first-order valence-electron chi connectivity index (χ1n) is 9.75. The minimum Gasteiger partial charge on any atom is -0.396 e. The summed E-state index contributed by atoms with van der Waals surface area (Å²) in [5.41, 5.74) is 2.32. The summed E-state index contributed by atoms with van der Waals surface area (Å²) in [6, 6.07) is 5.16. The fourth-order valence-electron chi connectivity index (χ4n) is 3.59. The van der Waals surface area contributed by atoms with E-state index in [9.17, 15) is 14.4 Å². The van der Waals surface area contributed by atoms with Crippen molar-refractivity contribution in [3.63, 3.8) is 0 Å². The van der Waals surface area contributed by atoms with E-state index >= 15 is 0 Å². The zero-order valence-electron chi connectivity index (χ0n) is 16.1. The van der Waals surface area contributed by atoms with Gasteiger partial charge >= 0.3 is 5.69 Å². The predicted octanol–water partition coefficient (Wildman–Crippen LogP) is 1.04. The molecule has 0 radical (unpaired) electrons. The summed E-state index contributed by atoms with van der Waals surface area (Å²) in [5, 5.41) is 11.1. The van der Waals surface area contributed by atoms with Gasteiger partial charge in [0.25, 0.3) is 0 Å². The number of amides is 2. The van der Waals surface area contributed by atoms with Crippen LogP contribution in [0.5, 0.6) is 0 Å². The Labute approximate surface area is 163 Å². The number of unbranched alkanes of at least 4 members (excludes halogenated alkanes) is 1. The number of carbonyl (C=O) groups excluding carboxylic acids is 2. The molecule has 152 valence electrons. The molecule has 2 amide bonds. The van der Waals surface area contributed by atoms with Crippen LogP contribution in [0, 0.1) is 0 Å². The van der Waals surface area contributed by atoms with Crippen molar-refractivity contribution in [2.24, 2.45) is 7.05 Å². The number of ether oxygens (including phenoxy) is 1. The van der Waals surface area contributed by atoms with E-state index in [0.29, 0.717) is 25.2 Å². The molecular weight excluding hydrogens is 362 g/mol. The number of aliphatic hydroxyl groups is 1. The van der Waals surface area contributed by atoms with Gasteiger partial charge in [-0.1, -0.05) is 6.07 Å². The second-order valence-electron chi connectivity index (χ2n) is 7.15. The van der Waals surface area contributed by atoms with Crippen molar-refractivity contribution < 1.29 is 19.4 Å². The Hall–Kier alpha value is -2.45. The molecule has 2 heterocycles. The zero-order chi connectivity index (χ0) is 20.1. The molecule has 1 atom stereocenters. The lowest BCUT2D eigenvalue weighted by molar-refractivity contribution is -0.135. The highest BCUT2D eigenvalue weighted by Crippen LogP contribution is 2.24. The Balaban J connectivity index is 1.71. The lowest BCUT2D eigenvalue weighted by Gasteiger charge is -2.21. The van der Waals surface area contributed by atoms with Gasteiger partial charge in [0.2, 0.25) is 11.8 Å². The van der Waals surface area contributed by atoms with Crippen LogP contribution in [0.1, 0.15) is 43.7 Å². The second-order valence-corrected chi connectivity index (χ2v) is 7.15. The number of aliphatic hydroxyl groups excluding tert-OH is 1. The molecule has 2 N–H and O–H groups in total. The van der Waals surface area contributed by atoms with Crippen LogP contribution in [-0.2, 0) is 27.8 Å². The van der Waals surface area contributed by atoms with Crippen LogP contribution < -0.4 is 11.0 Å². The van der Waals surface area contributed by atoms with Crippen molar-refractivity contribution in [3.05, 3.63) is 34.2 Å². The van der Waals surface area contributed by atoms with E-state index < -0.39 is 11.9 Å². The fourth-order valence-corrected chi connectivity index (χ4v) is 3.59. The number of rotatable bonds is 9. The van der Waals surface area contributed by atoms with Crippen LogP contribution in [0.2, 0.25) is 0 Å². The molecule has 1 aliphatic rings. The molecule has 8 heteroatoms. The maximum atomic E-state index is 12.7. The fraction of sp³-hybridized carbons (Fsp3) is 0.550. The van der Waals surface area contributed by atoms with Crippen LogP contribution in [0.4, 0.5) is 0 Å². The van der Waals surface area contributed by atoms with Crippen molar-refractivity contribution in [2.75, 3.05) is 19.8 Å². The lowest BCUT2D eigenvalue weighted by Crippen LogP contribution is -2.44. The number of imide groups is 1. The number of hydrogen-bond acceptors (Lipinski definition) is 5. The van der Waals surface area contributed by atoms with Gasteiger partial charge in [0.15, 0.2) is 0 Å². The van der Waals surface area contributed by atoms with Gasteiger partial charge in [0.05, 0.1) is 11.0 Å². The average molecular weight is 389 g/mol. The Morgan fingerprint density at radius 2 is 1.93 bits per heavy atom. The second kappa shape index (κ2) is 9.16. The molecule has 1 aromatic carbocycles. The molecule has 1 aliphatic heterocycles. The predicted molar refractivity (Wildman–Crippen MR) is 104 cm³/mol. The van der Waals surface area contributed by atoms with Crippen molar-refractivity contribution in [2.45, 2.75) is 44.6 Å². The lowest BCUT2D eigenvalue weighted by atomic mass is 10.1. The largest absolute Gasteiger partial charge is 0.396 e. The molecule has 1 saturated heterocycles. The average Bonchev–Trinajstić information content (AvgIpc) is 2.92. The quantitative estimate of drug-likeness (QED) is 0.493. The first-order valence-corrected chi connectivity index (χ1v) is 9.75. The maximum Gasteiger partial charge on any atom is 0.329 e. The highest BCUT2D eigenvalue weighted by atomic mass is 16.5. The molecule has 2 aromatic rings. The summed E-state index contributed by atoms with van der Waals surface area (Å²) >= 11 is 0. The number of benzene rings is 1. The molecule has 0 spiro atoms. The van der Waals surface area contributed by atoms with Crippen LogP contribution >= 0.6 is 0 Å². The van der Waals surface area contributed by atoms with Crippen LogP contribution in [-0.4, -0.2) is 45.9 Å². The third kappa shape index (κ3) is 4.34. The molecule has 0 bridgehead atoms. The van der Waals surface area contributed by atoms with Gasteiger partial charge in [0.1, 0.15) is 6.04 Å². The number of aromatic nitrogens is 2. The van der Waals surface area contributed by atoms with Gasteiger partial charge in [0, 0.05) is 33.3 Å². The molecule has 0 aliphatic carbocycles. The van der Waals surface area contributed by atoms with E-state index in [1.807, 2.05) is 18.2 Å². The summed E-state index contributed by atoms with van der Waals surface area (Å²) in [6.45, 7) is 1.50. The highest BCUT2D eigenvalue weighted by Gasteiger charge is 2.31. The third-order valence-corrected chi connectivity index (χ3v) is 5.13. The van der Waals surface area contributed by atoms with E-state index in [-0.39, 0.29) is 24.6 Å². The number of carbonyl (C=O) groups is 2. The molecule has 1 unspecified atom stereocenters. The van der Waals surface area contributed by atoms with Crippen molar-refractivity contribution in [3.8, 4) is 0 Å². The Bertz CT molecular complexity index is 914. The minimum absolute atomic E-state index is 0.195. The number of nitrogens with one attached hydrogen (secondary N) is 1.